The molecule has 6 nitrogen and oxygen atoms in total. The molecule has 2 rings (SSSR count). The van der Waals surface area contributed by atoms with Crippen molar-refractivity contribution in [3.8, 4) is 5.75 Å². The van der Waals surface area contributed by atoms with Gasteiger partial charge in [-0.05, 0) is 12.1 Å². The minimum Gasteiger partial charge on any atom is -0.508 e. The number of nitrogens with two attached hydrogens (primary N) is 1. The zero-order chi connectivity index (χ0) is 12.6. The van der Waals surface area contributed by atoms with Gasteiger partial charge in [-0.25, -0.2) is 0 Å². The summed E-state index contributed by atoms with van der Waals surface area (Å²) in [5.74, 6) is -0.983. The molecule has 2 aromatic heterocycles. The highest BCUT2D eigenvalue weighted by Crippen LogP contribution is 2.21. The first-order valence-corrected chi connectivity index (χ1v) is 4.90. The number of rotatable bonds is 2. The van der Waals surface area contributed by atoms with Crippen molar-refractivity contribution in [2.24, 2.45) is 5.73 Å². The fourth-order valence-corrected chi connectivity index (χ4v) is 1.69. The van der Waals surface area contributed by atoms with Crippen LogP contribution in [0.1, 0.15) is 20.8 Å². The molecule has 0 saturated heterocycles. The Morgan fingerprint density at radius 2 is 2.12 bits per heavy atom. The summed E-state index contributed by atoms with van der Waals surface area (Å²) in [5, 5.41) is 11.8. The van der Waals surface area contributed by atoms with Crippen LogP contribution in [0, 0.1) is 0 Å². The first-order chi connectivity index (χ1) is 8.04. The van der Waals surface area contributed by atoms with Gasteiger partial charge in [-0.3, -0.25) is 9.59 Å². The summed E-state index contributed by atoms with van der Waals surface area (Å²) in [7, 11) is 1.49. The largest absolute Gasteiger partial charge is 0.508 e. The van der Waals surface area contributed by atoms with Crippen LogP contribution < -0.4 is 11.1 Å². The summed E-state index contributed by atoms with van der Waals surface area (Å²) in [6.45, 7) is 0. The first kappa shape index (κ1) is 11.0. The lowest BCUT2D eigenvalue weighted by Gasteiger charge is -2.01. The summed E-state index contributed by atoms with van der Waals surface area (Å²) < 4.78 is 1.50. The number of hydrogen-bond donors (Lipinski definition) is 3. The molecule has 0 aliphatic rings. The first-order valence-electron chi connectivity index (χ1n) is 4.90. The van der Waals surface area contributed by atoms with Crippen LogP contribution in [0.15, 0.2) is 24.4 Å². The Balaban J connectivity index is 2.79. The van der Waals surface area contributed by atoms with Gasteiger partial charge in [0.05, 0.1) is 11.1 Å². The molecule has 0 saturated carbocycles. The molecule has 0 fully saturated rings. The maximum absolute atomic E-state index is 11.6. The molecule has 2 amide bonds. The van der Waals surface area contributed by atoms with E-state index in [0.717, 1.165) is 0 Å². The lowest BCUT2D eigenvalue weighted by molar-refractivity contribution is 0.0957. The number of aromatic hydroxyl groups is 1. The average Bonchev–Trinajstić information content (AvgIpc) is 2.66. The van der Waals surface area contributed by atoms with Crippen molar-refractivity contribution < 1.29 is 14.7 Å². The second-order valence-electron chi connectivity index (χ2n) is 3.53. The molecule has 0 aliphatic carbocycles. The number of hydrogen-bond acceptors (Lipinski definition) is 3. The van der Waals surface area contributed by atoms with Crippen molar-refractivity contribution in [3.63, 3.8) is 0 Å². The van der Waals surface area contributed by atoms with Crippen molar-refractivity contribution in [1.29, 1.82) is 0 Å². The number of pyridine rings is 1. The predicted octanol–water partition coefficient (Wildman–Crippen LogP) is 0.103. The van der Waals surface area contributed by atoms with E-state index in [1.54, 1.807) is 0 Å². The Labute approximate surface area is 96.7 Å². The Hall–Kier alpha value is -2.50. The van der Waals surface area contributed by atoms with E-state index in [9.17, 15) is 14.7 Å². The van der Waals surface area contributed by atoms with Gasteiger partial charge in [-0.2, -0.15) is 0 Å². The SMILES string of the molecule is CNC(=O)c1cc(C(N)=O)c2cc(O)ccn12. The summed E-state index contributed by atoms with van der Waals surface area (Å²) in [4.78, 5) is 22.8. The number of nitrogens with one attached hydrogen (secondary N) is 1. The molecule has 4 N–H and O–H groups in total. The van der Waals surface area contributed by atoms with Crippen LogP contribution in [0.4, 0.5) is 0 Å². The van der Waals surface area contributed by atoms with E-state index in [2.05, 4.69) is 5.32 Å². The maximum atomic E-state index is 11.6. The van der Waals surface area contributed by atoms with Crippen molar-refractivity contribution in [2.45, 2.75) is 0 Å². The van der Waals surface area contributed by atoms with E-state index in [4.69, 9.17) is 5.73 Å². The van der Waals surface area contributed by atoms with Crippen LogP contribution in [0.3, 0.4) is 0 Å². The summed E-state index contributed by atoms with van der Waals surface area (Å²) in [5.41, 5.74) is 6.10. The van der Waals surface area contributed by atoms with Gasteiger partial charge in [0.25, 0.3) is 11.8 Å². The minimum absolute atomic E-state index is 0.00144. The molecule has 2 aromatic rings. The van der Waals surface area contributed by atoms with E-state index in [0.29, 0.717) is 5.52 Å². The average molecular weight is 233 g/mol. The van der Waals surface area contributed by atoms with Crippen molar-refractivity contribution in [1.82, 2.24) is 9.72 Å². The van der Waals surface area contributed by atoms with E-state index in [1.807, 2.05) is 0 Å². The number of carbonyl (C=O) groups is 2. The van der Waals surface area contributed by atoms with Crippen LogP contribution in [0.5, 0.6) is 5.75 Å². The quantitative estimate of drug-likeness (QED) is 0.686. The third kappa shape index (κ3) is 1.69. The molecule has 0 bridgehead atoms. The number of carbonyl (C=O) groups excluding carboxylic acids is 2. The molecule has 17 heavy (non-hydrogen) atoms. The van der Waals surface area contributed by atoms with Gasteiger partial charge in [0.2, 0.25) is 0 Å². The number of aromatic nitrogens is 1. The summed E-state index contributed by atoms with van der Waals surface area (Å²) in [6, 6.07) is 4.20. The molecular weight excluding hydrogens is 222 g/mol. The van der Waals surface area contributed by atoms with E-state index < -0.39 is 5.91 Å². The Bertz CT molecular complexity index is 616. The molecule has 0 unspecified atom stereocenters. The molecule has 0 aliphatic heterocycles. The molecule has 0 aromatic carbocycles. The third-order valence-electron chi connectivity index (χ3n) is 2.48. The van der Waals surface area contributed by atoms with E-state index in [-0.39, 0.29) is 22.9 Å². The predicted molar refractivity (Wildman–Crippen MR) is 61.0 cm³/mol. The van der Waals surface area contributed by atoms with Gasteiger partial charge < -0.3 is 20.6 Å². The van der Waals surface area contributed by atoms with Gasteiger partial charge in [0, 0.05) is 19.3 Å². The lowest BCUT2D eigenvalue weighted by Crippen LogP contribution is -2.19. The number of fused-ring (bicyclic) bond motifs is 1. The topological polar surface area (TPSA) is 96.8 Å². The standard InChI is InChI=1S/C11H11N3O3/c1-13-11(17)9-5-7(10(12)16)8-4-6(15)2-3-14(8)9/h2-5,15H,1H3,(H2,12,16)(H,13,17). The van der Waals surface area contributed by atoms with Gasteiger partial charge in [-0.15, -0.1) is 0 Å². The summed E-state index contributed by atoms with van der Waals surface area (Å²) >= 11 is 0. The monoisotopic (exact) mass is 233 g/mol. The highest BCUT2D eigenvalue weighted by Gasteiger charge is 2.17. The molecule has 0 spiro atoms. The molecule has 88 valence electrons. The van der Waals surface area contributed by atoms with Crippen LogP contribution in [0.2, 0.25) is 0 Å². The van der Waals surface area contributed by atoms with Crippen LogP contribution in [-0.2, 0) is 0 Å². The van der Waals surface area contributed by atoms with Crippen molar-refractivity contribution in [2.75, 3.05) is 7.05 Å². The fourth-order valence-electron chi connectivity index (χ4n) is 1.69. The maximum Gasteiger partial charge on any atom is 0.268 e. The van der Waals surface area contributed by atoms with Gasteiger partial charge in [-0.1, -0.05) is 0 Å². The zero-order valence-corrected chi connectivity index (χ0v) is 9.10. The minimum atomic E-state index is -0.650. The van der Waals surface area contributed by atoms with Crippen LogP contribution in [0.25, 0.3) is 5.52 Å². The van der Waals surface area contributed by atoms with Crippen molar-refractivity contribution >= 4 is 17.3 Å². The third-order valence-corrected chi connectivity index (χ3v) is 2.48. The normalized spacial score (nSPS) is 10.4. The molecular formula is C11H11N3O3. The highest BCUT2D eigenvalue weighted by molar-refractivity contribution is 6.04. The number of nitrogens with zero attached hydrogens (tertiary/aromatic N) is 1. The Kier molecular flexibility index (Phi) is 2.47. The molecule has 2 heterocycles. The smallest absolute Gasteiger partial charge is 0.268 e. The van der Waals surface area contributed by atoms with Crippen LogP contribution >= 0.6 is 0 Å². The number of amides is 2. The zero-order valence-electron chi connectivity index (χ0n) is 9.10. The van der Waals surface area contributed by atoms with Gasteiger partial charge in [0.1, 0.15) is 11.4 Å². The molecule has 0 radical (unpaired) electrons. The summed E-state index contributed by atoms with van der Waals surface area (Å²) in [6.07, 6.45) is 1.50. The molecule has 6 heteroatoms. The van der Waals surface area contributed by atoms with Gasteiger partial charge >= 0.3 is 0 Å². The second-order valence-corrected chi connectivity index (χ2v) is 3.53. The fraction of sp³-hybridized carbons (Fsp3) is 0.0909. The van der Waals surface area contributed by atoms with Crippen LogP contribution in [-0.4, -0.2) is 28.4 Å². The van der Waals surface area contributed by atoms with E-state index in [1.165, 1.54) is 35.8 Å². The Morgan fingerprint density at radius 1 is 1.41 bits per heavy atom. The highest BCUT2D eigenvalue weighted by atomic mass is 16.3. The number of primary amides is 1. The van der Waals surface area contributed by atoms with Gasteiger partial charge in [0.15, 0.2) is 0 Å². The lowest BCUT2D eigenvalue weighted by atomic mass is 10.2. The second kappa shape index (κ2) is 3.82. The van der Waals surface area contributed by atoms with E-state index >= 15 is 0 Å². The van der Waals surface area contributed by atoms with Crippen molar-refractivity contribution in [3.05, 3.63) is 35.7 Å². The molecule has 0 atom stereocenters. The Morgan fingerprint density at radius 3 is 2.71 bits per heavy atom.